The summed E-state index contributed by atoms with van der Waals surface area (Å²) in [7, 11) is 0. The van der Waals surface area contributed by atoms with Gasteiger partial charge in [-0.15, -0.1) is 0 Å². The van der Waals surface area contributed by atoms with Gasteiger partial charge in [0.05, 0.1) is 11.6 Å². The van der Waals surface area contributed by atoms with Gasteiger partial charge in [-0.2, -0.15) is 0 Å². The highest BCUT2D eigenvalue weighted by Crippen LogP contribution is 2.24. The lowest BCUT2D eigenvalue weighted by Crippen LogP contribution is -2.00. The zero-order valence-electron chi connectivity index (χ0n) is 9.91. The molecule has 3 rings (SSSR count). The van der Waals surface area contributed by atoms with Gasteiger partial charge in [0.25, 0.3) is 0 Å². The summed E-state index contributed by atoms with van der Waals surface area (Å²) in [5.74, 6) is -0.344. The van der Waals surface area contributed by atoms with Crippen molar-refractivity contribution in [3.05, 3.63) is 69.5 Å². The summed E-state index contributed by atoms with van der Waals surface area (Å²) in [6.45, 7) is 0.470. The zero-order valence-corrected chi connectivity index (χ0v) is 12.2. The molecule has 0 spiro atoms. The molecule has 0 aliphatic heterocycles. The Morgan fingerprint density at radius 2 is 2.00 bits per heavy atom. The monoisotopic (exact) mass is 337 g/mol. The number of halogens is 3. The third-order valence-corrected chi connectivity index (χ3v) is 3.89. The number of hydrogen-bond acceptors (Lipinski definition) is 0. The first kappa shape index (κ1) is 12.7. The number of fused-ring (bicyclic) bond motifs is 1. The second-order valence-corrected chi connectivity index (χ2v) is 5.68. The third kappa shape index (κ3) is 2.40. The molecule has 1 aromatic heterocycles. The first-order valence-corrected chi connectivity index (χ1v) is 6.99. The second kappa shape index (κ2) is 4.99. The molecule has 0 aliphatic carbocycles. The summed E-state index contributed by atoms with van der Waals surface area (Å²) in [5.41, 5.74) is 1.66. The minimum atomic E-state index is -0.344. The van der Waals surface area contributed by atoms with E-state index in [2.05, 4.69) is 15.9 Å². The molecule has 1 heterocycles. The summed E-state index contributed by atoms with van der Waals surface area (Å²) in [5, 5.41) is 1.29. The van der Waals surface area contributed by atoms with Crippen LogP contribution in [0.15, 0.2) is 53.1 Å². The van der Waals surface area contributed by atoms with Crippen molar-refractivity contribution >= 4 is 38.4 Å². The van der Waals surface area contributed by atoms with E-state index < -0.39 is 0 Å². The van der Waals surface area contributed by atoms with Crippen molar-refractivity contribution in [2.45, 2.75) is 6.54 Å². The predicted octanol–water partition coefficient (Wildman–Crippen LogP) is 5.24. The maximum atomic E-state index is 13.9. The molecule has 0 amide bonds. The summed E-state index contributed by atoms with van der Waals surface area (Å²) in [4.78, 5) is 0. The van der Waals surface area contributed by atoms with E-state index in [4.69, 9.17) is 11.6 Å². The molecule has 0 aliphatic rings. The van der Waals surface area contributed by atoms with Crippen LogP contribution >= 0.6 is 27.5 Å². The Bertz CT molecular complexity index is 751. The zero-order chi connectivity index (χ0) is 13.4. The van der Waals surface area contributed by atoms with Gasteiger partial charge in [-0.05, 0) is 30.3 Å². The van der Waals surface area contributed by atoms with Crippen molar-refractivity contribution in [1.82, 2.24) is 4.57 Å². The first-order chi connectivity index (χ1) is 9.15. The van der Waals surface area contributed by atoms with E-state index in [0.717, 1.165) is 15.4 Å². The highest BCUT2D eigenvalue weighted by Gasteiger charge is 2.08. The minimum absolute atomic E-state index is 0.164. The van der Waals surface area contributed by atoms with Crippen LogP contribution in [0, 0.1) is 5.82 Å². The fourth-order valence-electron chi connectivity index (χ4n) is 2.16. The van der Waals surface area contributed by atoms with Gasteiger partial charge in [0, 0.05) is 27.1 Å². The highest BCUT2D eigenvalue weighted by atomic mass is 79.9. The minimum Gasteiger partial charge on any atom is -0.343 e. The van der Waals surface area contributed by atoms with Crippen molar-refractivity contribution < 1.29 is 4.39 Å². The van der Waals surface area contributed by atoms with E-state index in [1.165, 1.54) is 0 Å². The van der Waals surface area contributed by atoms with Crippen molar-refractivity contribution in [2.24, 2.45) is 0 Å². The van der Waals surface area contributed by atoms with Crippen molar-refractivity contribution in [3.63, 3.8) is 0 Å². The molecular formula is C15H10BrClFN. The van der Waals surface area contributed by atoms with Crippen molar-refractivity contribution in [2.75, 3.05) is 0 Å². The van der Waals surface area contributed by atoms with Gasteiger partial charge in [-0.25, -0.2) is 4.39 Å². The van der Waals surface area contributed by atoms with E-state index in [9.17, 15) is 4.39 Å². The van der Waals surface area contributed by atoms with Crippen LogP contribution in [0.5, 0.6) is 0 Å². The lowest BCUT2D eigenvalue weighted by Gasteiger charge is -2.08. The molecule has 0 saturated carbocycles. The van der Waals surface area contributed by atoms with E-state index in [0.29, 0.717) is 12.1 Å². The standard InChI is InChI=1S/C15H10BrClFN/c16-12-4-5-14-10(8-12)6-7-19(14)9-11-2-1-3-13(17)15(11)18/h1-8H,9H2. The molecule has 0 fully saturated rings. The van der Waals surface area contributed by atoms with Crippen LogP contribution in [0.25, 0.3) is 10.9 Å². The summed E-state index contributed by atoms with van der Waals surface area (Å²) < 4.78 is 16.9. The van der Waals surface area contributed by atoms with Crippen molar-refractivity contribution in [3.8, 4) is 0 Å². The molecule has 19 heavy (non-hydrogen) atoms. The molecule has 0 N–H and O–H groups in total. The lowest BCUT2D eigenvalue weighted by molar-refractivity contribution is 0.602. The SMILES string of the molecule is Fc1c(Cl)cccc1Cn1ccc2cc(Br)ccc21. The maximum absolute atomic E-state index is 13.9. The van der Waals surface area contributed by atoms with Crippen LogP contribution in [0.3, 0.4) is 0 Å². The molecule has 0 saturated heterocycles. The van der Waals surface area contributed by atoms with Gasteiger partial charge in [0.15, 0.2) is 0 Å². The largest absolute Gasteiger partial charge is 0.343 e. The number of nitrogens with zero attached hydrogens (tertiary/aromatic N) is 1. The van der Waals surface area contributed by atoms with Crippen LogP contribution in [0.1, 0.15) is 5.56 Å². The fraction of sp³-hybridized carbons (Fsp3) is 0.0667. The van der Waals surface area contributed by atoms with Gasteiger partial charge in [-0.3, -0.25) is 0 Å². The smallest absolute Gasteiger partial charge is 0.146 e. The van der Waals surface area contributed by atoms with Crippen LogP contribution < -0.4 is 0 Å². The Balaban J connectivity index is 2.04. The van der Waals surface area contributed by atoms with Crippen molar-refractivity contribution in [1.29, 1.82) is 0 Å². The third-order valence-electron chi connectivity index (χ3n) is 3.11. The second-order valence-electron chi connectivity index (χ2n) is 4.36. The average molecular weight is 339 g/mol. The van der Waals surface area contributed by atoms with Gasteiger partial charge in [0.1, 0.15) is 5.82 Å². The normalized spacial score (nSPS) is 11.1. The van der Waals surface area contributed by atoms with Gasteiger partial charge in [-0.1, -0.05) is 39.7 Å². The van der Waals surface area contributed by atoms with E-state index >= 15 is 0 Å². The Hall–Kier alpha value is -1.32. The number of hydrogen-bond donors (Lipinski definition) is 0. The summed E-state index contributed by atoms with van der Waals surface area (Å²) in [6, 6.07) is 13.1. The van der Waals surface area contributed by atoms with Crippen LogP contribution in [0.4, 0.5) is 4.39 Å². The Labute approximate surface area is 123 Å². The maximum Gasteiger partial charge on any atom is 0.146 e. The predicted molar refractivity (Wildman–Crippen MR) is 80.2 cm³/mol. The fourth-order valence-corrected chi connectivity index (χ4v) is 2.74. The Morgan fingerprint density at radius 1 is 1.16 bits per heavy atom. The first-order valence-electron chi connectivity index (χ1n) is 5.82. The van der Waals surface area contributed by atoms with Crippen LogP contribution in [-0.2, 0) is 6.54 Å². The van der Waals surface area contributed by atoms with Gasteiger partial charge < -0.3 is 4.57 Å². The van der Waals surface area contributed by atoms with E-state index in [1.807, 2.05) is 35.0 Å². The number of rotatable bonds is 2. The quantitative estimate of drug-likeness (QED) is 0.602. The molecular weight excluding hydrogens is 329 g/mol. The molecule has 0 radical (unpaired) electrons. The molecule has 0 unspecified atom stereocenters. The van der Waals surface area contributed by atoms with E-state index in [-0.39, 0.29) is 10.8 Å². The Kier molecular flexibility index (Phi) is 3.33. The van der Waals surface area contributed by atoms with Gasteiger partial charge >= 0.3 is 0 Å². The topological polar surface area (TPSA) is 4.93 Å². The van der Waals surface area contributed by atoms with E-state index in [1.54, 1.807) is 18.2 Å². The number of aromatic nitrogens is 1. The molecule has 0 atom stereocenters. The van der Waals surface area contributed by atoms with Crippen LogP contribution in [0.2, 0.25) is 5.02 Å². The highest BCUT2D eigenvalue weighted by molar-refractivity contribution is 9.10. The van der Waals surface area contributed by atoms with Gasteiger partial charge in [0.2, 0.25) is 0 Å². The molecule has 96 valence electrons. The average Bonchev–Trinajstić information content (AvgIpc) is 2.77. The molecule has 3 aromatic rings. The summed E-state index contributed by atoms with van der Waals surface area (Å²) in [6.07, 6.45) is 1.96. The van der Waals surface area contributed by atoms with Crippen LogP contribution in [-0.4, -0.2) is 4.57 Å². The molecule has 1 nitrogen and oxygen atoms in total. The summed E-state index contributed by atoms with van der Waals surface area (Å²) >= 11 is 9.25. The molecule has 2 aromatic carbocycles. The lowest BCUT2D eigenvalue weighted by atomic mass is 10.2. The molecule has 4 heteroatoms. The molecule has 0 bridgehead atoms. The Morgan fingerprint density at radius 3 is 2.84 bits per heavy atom. The number of benzene rings is 2.